The zero-order valence-electron chi connectivity index (χ0n) is 25.2. The average Bonchev–Trinajstić information content (AvgIpc) is 2.84. The van der Waals surface area contributed by atoms with Gasteiger partial charge in [-0.05, 0) is 37.1 Å². The van der Waals surface area contributed by atoms with Crippen molar-refractivity contribution < 1.29 is 102 Å². The predicted octanol–water partition coefficient (Wildman–Crippen LogP) is 2.17. The second-order valence-electron chi connectivity index (χ2n) is 8.44. The summed E-state index contributed by atoms with van der Waals surface area (Å²) in [6.07, 6.45) is 3.13. The van der Waals surface area contributed by atoms with Crippen LogP contribution in [0.4, 0.5) is 0 Å². The predicted molar refractivity (Wildman–Crippen MR) is 152 cm³/mol. The molecule has 0 unspecified atom stereocenters. The van der Waals surface area contributed by atoms with Gasteiger partial charge in [-0.3, -0.25) is 9.98 Å². The largest absolute Gasteiger partial charge is 4.00 e. The number of ether oxygens (including phenoxy) is 2. The van der Waals surface area contributed by atoms with Crippen molar-refractivity contribution in [2.45, 2.75) is 27.7 Å². The number of hydrogen-bond donors (Lipinski definition) is 0. The fourth-order valence-corrected chi connectivity index (χ4v) is 2.42. The Balaban J connectivity index is -0.000000176. The molecule has 0 heterocycles. The number of carbonyl (C=O) groups is 1. The molecule has 0 aromatic heterocycles. The number of benzene rings is 2. The molecule has 0 saturated carbocycles. The van der Waals surface area contributed by atoms with Crippen LogP contribution in [0.25, 0.3) is 0 Å². The van der Waals surface area contributed by atoms with E-state index in [1.165, 1.54) is 28.1 Å². The fourth-order valence-electron chi connectivity index (χ4n) is 2.42. The molecule has 0 aliphatic heterocycles. The summed E-state index contributed by atoms with van der Waals surface area (Å²) in [6.45, 7) is 8.08. The van der Waals surface area contributed by atoms with Gasteiger partial charge in [0.15, 0.2) is 0 Å². The standard InChI is InChI=1S/C21H26N2O4.C3H6O.3NO3.O.Tb.V/c1-21(2,13-22-11-15-7-5-9-17(26-3)19(15)24)14-23-12-16-8-6-10-18(27-4)20(16)25;1-3(2)4;3*2-1(3)4;;;/h5-12,24-25H,13-14H2,1-4H3;1-2H3;;;;;;/q;;3*-1;-2;+3;+4/p-2. The minimum atomic E-state index is -1.75. The molecule has 0 aliphatic rings. The van der Waals surface area contributed by atoms with Crippen molar-refractivity contribution in [3.63, 3.8) is 0 Å². The van der Waals surface area contributed by atoms with E-state index in [0.717, 1.165) is 0 Å². The Morgan fingerprint density at radius 3 is 1.20 bits per heavy atom. The molecule has 0 spiro atoms. The normalized spacial score (nSPS) is 9.17. The van der Waals surface area contributed by atoms with Crippen LogP contribution in [0.15, 0.2) is 46.4 Å². The van der Waals surface area contributed by atoms with Crippen LogP contribution in [0.3, 0.4) is 0 Å². The summed E-state index contributed by atoms with van der Waals surface area (Å²) < 4.78 is 10.1. The van der Waals surface area contributed by atoms with Crippen LogP contribution < -0.4 is 19.7 Å². The number of nitrogens with zero attached hydrogens (tertiary/aromatic N) is 5. The van der Waals surface area contributed by atoms with Crippen LogP contribution in [-0.4, -0.2) is 60.8 Å². The van der Waals surface area contributed by atoms with E-state index in [0.29, 0.717) is 35.7 Å². The number of ketones is 1. The van der Waals surface area contributed by atoms with E-state index in [1.54, 1.807) is 48.8 Å². The van der Waals surface area contributed by atoms with Crippen LogP contribution in [-0.2, 0) is 28.8 Å². The van der Waals surface area contributed by atoms with E-state index in [2.05, 4.69) is 9.98 Å². The Labute approximate surface area is 305 Å². The van der Waals surface area contributed by atoms with Gasteiger partial charge in [-0.25, -0.2) is 0 Å². The van der Waals surface area contributed by atoms with Gasteiger partial charge in [0.2, 0.25) is 0 Å². The van der Waals surface area contributed by atoms with Crippen molar-refractivity contribution in [2.24, 2.45) is 15.4 Å². The van der Waals surface area contributed by atoms with Crippen molar-refractivity contribution in [1.29, 1.82) is 0 Å². The van der Waals surface area contributed by atoms with Gasteiger partial charge in [0.25, 0.3) is 0 Å². The molecule has 2 aromatic carbocycles. The monoisotopic (exact) mass is 838 g/mol. The van der Waals surface area contributed by atoms with E-state index in [4.69, 9.17) is 55.4 Å². The molecule has 46 heavy (non-hydrogen) atoms. The van der Waals surface area contributed by atoms with Crippen LogP contribution in [0.5, 0.6) is 23.0 Å². The SMILES string of the molecule is CC(C)=O.COc1cccc(C=NCC(C)(C)CN=Cc2cccc(OC)c2[O-])c1[O-].O=[N+]([O-])[O-].O=[N+]([O-])[O-].O=[N+]([O-])[O-].[O-2].[Tb+3].[V+4]. The Bertz CT molecular complexity index is 1100. The van der Waals surface area contributed by atoms with E-state index in [-0.39, 0.29) is 85.3 Å². The molecule has 2 aromatic rings. The Morgan fingerprint density at radius 1 is 0.739 bits per heavy atom. The topological polar surface area (TPSA) is 333 Å². The molecule has 20 nitrogen and oxygen atoms in total. The van der Waals surface area contributed by atoms with Gasteiger partial charge in [0, 0.05) is 30.9 Å². The summed E-state index contributed by atoms with van der Waals surface area (Å²) in [6, 6.07) is 10.2. The Morgan fingerprint density at radius 2 is 0.978 bits per heavy atom. The quantitative estimate of drug-likeness (QED) is 0.209. The molecule has 0 bridgehead atoms. The minimum absolute atomic E-state index is 0. The summed E-state index contributed by atoms with van der Waals surface area (Å²) >= 11 is 0. The number of hydrogen-bond acceptors (Lipinski definition) is 16. The molecule has 0 N–H and O–H groups in total. The van der Waals surface area contributed by atoms with E-state index in [1.807, 2.05) is 13.8 Å². The zero-order valence-corrected chi connectivity index (χ0v) is 28.7. The molecular formula is C24H30N5O15TbV. The van der Waals surface area contributed by atoms with E-state index >= 15 is 0 Å². The molecule has 2 rings (SSSR count). The third-order valence-electron chi connectivity index (χ3n) is 3.96. The maximum atomic E-state index is 12.1. The summed E-state index contributed by atoms with van der Waals surface area (Å²) in [5.74, 6) is 0.408. The minimum Gasteiger partial charge on any atom is -2.00 e. The van der Waals surface area contributed by atoms with Crippen LogP contribution >= 0.6 is 0 Å². The van der Waals surface area contributed by atoms with Crippen molar-refractivity contribution in [1.82, 2.24) is 0 Å². The molecule has 0 fully saturated rings. The molecule has 0 atom stereocenters. The van der Waals surface area contributed by atoms with Gasteiger partial charge in [0.1, 0.15) is 17.3 Å². The van der Waals surface area contributed by atoms with E-state index < -0.39 is 15.3 Å². The van der Waals surface area contributed by atoms with Crippen molar-refractivity contribution in [2.75, 3.05) is 27.3 Å². The summed E-state index contributed by atoms with van der Waals surface area (Å²) in [5.41, 5.74) is 0.749. The number of aliphatic imine (C=N–C) groups is 2. The first-order valence-corrected chi connectivity index (χ1v) is 11.4. The second-order valence-corrected chi connectivity index (χ2v) is 8.44. The first-order valence-electron chi connectivity index (χ1n) is 11.4. The zero-order chi connectivity index (χ0) is 34.2. The van der Waals surface area contributed by atoms with Crippen molar-refractivity contribution in [3.8, 4) is 23.0 Å². The maximum absolute atomic E-state index is 12.1. The van der Waals surface area contributed by atoms with Crippen LogP contribution in [0, 0.1) is 90.0 Å². The van der Waals surface area contributed by atoms with Crippen molar-refractivity contribution >= 4 is 18.2 Å². The van der Waals surface area contributed by atoms with Crippen LogP contribution in [0.1, 0.15) is 38.8 Å². The van der Waals surface area contributed by atoms with Gasteiger partial charge in [0.05, 0.1) is 29.5 Å². The van der Waals surface area contributed by atoms with Gasteiger partial charge in [-0.15, -0.1) is 0 Å². The number of methoxy groups -OCH3 is 2. The Kier molecular flexibility index (Phi) is 36.9. The number of Topliss-reactive ketones (excluding diaryl/α,β-unsaturated/α-hetero) is 1. The summed E-state index contributed by atoms with van der Waals surface area (Å²) in [4.78, 5) is 43.0. The van der Waals surface area contributed by atoms with E-state index in [9.17, 15) is 15.0 Å². The molecule has 1 radical (unpaired) electrons. The second kappa shape index (κ2) is 31.1. The van der Waals surface area contributed by atoms with Crippen molar-refractivity contribution in [3.05, 3.63) is 93.5 Å². The number of para-hydroxylation sites is 2. The smallest absolute Gasteiger partial charge is 2.00 e. The molecule has 22 heteroatoms. The molecular weight excluding hydrogens is 808 g/mol. The average molecular weight is 838 g/mol. The summed E-state index contributed by atoms with van der Waals surface area (Å²) in [5, 5.41) is 68.4. The first kappa shape index (κ1) is 54.6. The third-order valence-corrected chi connectivity index (χ3v) is 3.96. The fraction of sp³-hybridized carbons (Fsp3) is 0.375. The number of carbonyl (C=O) groups excluding carboxylic acids is 1. The Hall–Kier alpha value is -3.92. The molecule has 0 amide bonds. The molecule has 0 saturated heterocycles. The first-order chi connectivity index (χ1) is 19.8. The van der Waals surface area contributed by atoms with Crippen LogP contribution in [0.2, 0.25) is 0 Å². The molecule has 255 valence electrons. The third kappa shape index (κ3) is 34.6. The van der Waals surface area contributed by atoms with Gasteiger partial charge >= 0.3 is 57.2 Å². The molecule has 0 aliphatic carbocycles. The van der Waals surface area contributed by atoms with Gasteiger partial charge < -0.3 is 75.9 Å². The van der Waals surface area contributed by atoms with Gasteiger partial charge in [-0.2, -0.15) is 0 Å². The summed E-state index contributed by atoms with van der Waals surface area (Å²) in [7, 11) is 2.93. The maximum Gasteiger partial charge on any atom is 4.00 e. The van der Waals surface area contributed by atoms with Gasteiger partial charge in [-0.1, -0.05) is 49.6 Å². The number of rotatable bonds is 8.